The third kappa shape index (κ3) is 2.38. The Balaban J connectivity index is 2.39. The first-order chi connectivity index (χ1) is 8.22. The van der Waals surface area contributed by atoms with Gasteiger partial charge in [0.05, 0.1) is 19.1 Å². The fourth-order valence-electron chi connectivity index (χ4n) is 1.70. The van der Waals surface area contributed by atoms with Gasteiger partial charge in [-0.25, -0.2) is 4.99 Å². The van der Waals surface area contributed by atoms with Crippen molar-refractivity contribution in [1.82, 2.24) is 0 Å². The molecule has 0 saturated carbocycles. The SMILES string of the molecule is COc1ccccc1N=C(C)c1occc1C. The second-order valence-electron chi connectivity index (χ2n) is 3.80. The average molecular weight is 229 g/mol. The monoisotopic (exact) mass is 229 g/mol. The molecule has 0 amide bonds. The van der Waals surface area contributed by atoms with Crippen LogP contribution in [0.15, 0.2) is 46.0 Å². The van der Waals surface area contributed by atoms with E-state index in [1.165, 1.54) is 0 Å². The molecule has 0 saturated heterocycles. The predicted octanol–water partition coefficient (Wildman–Crippen LogP) is 3.74. The number of para-hydroxylation sites is 2. The zero-order valence-electron chi connectivity index (χ0n) is 10.2. The van der Waals surface area contributed by atoms with Gasteiger partial charge in [-0.15, -0.1) is 0 Å². The maximum absolute atomic E-state index is 5.40. The van der Waals surface area contributed by atoms with Gasteiger partial charge in [-0.3, -0.25) is 0 Å². The number of nitrogens with zero attached hydrogens (tertiary/aromatic N) is 1. The van der Waals surface area contributed by atoms with Crippen LogP contribution < -0.4 is 4.74 Å². The summed E-state index contributed by atoms with van der Waals surface area (Å²) < 4.78 is 10.7. The summed E-state index contributed by atoms with van der Waals surface area (Å²) in [5.41, 5.74) is 2.74. The van der Waals surface area contributed by atoms with Crippen molar-refractivity contribution in [2.75, 3.05) is 7.11 Å². The zero-order chi connectivity index (χ0) is 12.3. The first-order valence-corrected chi connectivity index (χ1v) is 5.45. The lowest BCUT2D eigenvalue weighted by molar-refractivity contribution is 0.416. The lowest BCUT2D eigenvalue weighted by atomic mass is 10.2. The Morgan fingerprint density at radius 1 is 1.24 bits per heavy atom. The van der Waals surface area contributed by atoms with E-state index >= 15 is 0 Å². The highest BCUT2D eigenvalue weighted by Gasteiger charge is 2.07. The van der Waals surface area contributed by atoms with Crippen molar-refractivity contribution in [3.05, 3.63) is 47.9 Å². The molecular weight excluding hydrogens is 214 g/mol. The minimum atomic E-state index is 0.760. The quantitative estimate of drug-likeness (QED) is 0.751. The first kappa shape index (κ1) is 11.5. The molecular formula is C14H15NO2. The van der Waals surface area contributed by atoms with Crippen molar-refractivity contribution in [3.63, 3.8) is 0 Å². The Labute approximate surface area is 101 Å². The van der Waals surface area contributed by atoms with Crippen LogP contribution in [-0.4, -0.2) is 12.8 Å². The lowest BCUT2D eigenvalue weighted by Crippen LogP contribution is -1.94. The van der Waals surface area contributed by atoms with Gasteiger partial charge in [0, 0.05) is 0 Å². The van der Waals surface area contributed by atoms with Crippen molar-refractivity contribution in [3.8, 4) is 5.75 Å². The van der Waals surface area contributed by atoms with E-state index in [-0.39, 0.29) is 0 Å². The molecule has 3 nitrogen and oxygen atoms in total. The van der Waals surface area contributed by atoms with Crippen LogP contribution in [0.3, 0.4) is 0 Å². The van der Waals surface area contributed by atoms with Gasteiger partial charge in [0.15, 0.2) is 5.76 Å². The van der Waals surface area contributed by atoms with Gasteiger partial charge in [0.1, 0.15) is 11.4 Å². The zero-order valence-corrected chi connectivity index (χ0v) is 10.2. The van der Waals surface area contributed by atoms with Gasteiger partial charge in [0.2, 0.25) is 0 Å². The Bertz CT molecular complexity index is 541. The van der Waals surface area contributed by atoms with Crippen LogP contribution in [0.2, 0.25) is 0 Å². The van der Waals surface area contributed by atoms with Gasteiger partial charge >= 0.3 is 0 Å². The molecule has 88 valence electrons. The number of hydrogen-bond donors (Lipinski definition) is 0. The van der Waals surface area contributed by atoms with Crippen LogP contribution in [-0.2, 0) is 0 Å². The number of ether oxygens (including phenoxy) is 1. The highest BCUT2D eigenvalue weighted by molar-refractivity contribution is 5.99. The second-order valence-corrected chi connectivity index (χ2v) is 3.80. The van der Waals surface area contributed by atoms with Crippen molar-refractivity contribution in [2.45, 2.75) is 13.8 Å². The van der Waals surface area contributed by atoms with E-state index in [2.05, 4.69) is 4.99 Å². The Hall–Kier alpha value is -2.03. The number of aliphatic imine (C=N–C) groups is 1. The molecule has 0 unspecified atom stereocenters. The Kier molecular flexibility index (Phi) is 3.28. The summed E-state index contributed by atoms with van der Waals surface area (Å²) in [6.45, 7) is 3.93. The standard InChI is InChI=1S/C14H15NO2/c1-10-8-9-17-14(10)11(2)15-12-6-4-5-7-13(12)16-3/h4-9H,1-3H3. The second kappa shape index (κ2) is 4.87. The van der Waals surface area contributed by atoms with E-state index < -0.39 is 0 Å². The van der Waals surface area contributed by atoms with Crippen LogP contribution in [0.1, 0.15) is 18.2 Å². The maximum atomic E-state index is 5.40. The van der Waals surface area contributed by atoms with Gasteiger partial charge in [-0.1, -0.05) is 12.1 Å². The van der Waals surface area contributed by atoms with Gasteiger partial charge in [-0.2, -0.15) is 0 Å². The number of rotatable bonds is 3. The summed E-state index contributed by atoms with van der Waals surface area (Å²) in [5.74, 6) is 1.58. The van der Waals surface area contributed by atoms with E-state index in [0.717, 1.165) is 28.5 Å². The summed E-state index contributed by atoms with van der Waals surface area (Å²) >= 11 is 0. The van der Waals surface area contributed by atoms with Crippen molar-refractivity contribution in [1.29, 1.82) is 0 Å². The minimum Gasteiger partial charge on any atom is -0.494 e. The average Bonchev–Trinajstić information content (AvgIpc) is 2.76. The van der Waals surface area contributed by atoms with Crippen molar-refractivity contribution >= 4 is 11.4 Å². The minimum absolute atomic E-state index is 0.760. The third-order valence-electron chi connectivity index (χ3n) is 2.56. The fraction of sp³-hybridized carbons (Fsp3) is 0.214. The molecule has 0 N–H and O–H groups in total. The molecule has 0 aliphatic heterocycles. The van der Waals surface area contributed by atoms with Gasteiger partial charge in [-0.05, 0) is 37.6 Å². The molecule has 0 aliphatic rings. The smallest absolute Gasteiger partial charge is 0.150 e. The molecule has 0 fully saturated rings. The molecule has 1 aromatic heterocycles. The molecule has 0 atom stereocenters. The van der Waals surface area contributed by atoms with Gasteiger partial charge in [0.25, 0.3) is 0 Å². The largest absolute Gasteiger partial charge is 0.494 e. The number of methoxy groups -OCH3 is 1. The highest BCUT2D eigenvalue weighted by Crippen LogP contribution is 2.27. The van der Waals surface area contributed by atoms with Crippen LogP contribution in [0.4, 0.5) is 5.69 Å². The molecule has 0 aliphatic carbocycles. The molecule has 0 radical (unpaired) electrons. The van der Waals surface area contributed by atoms with Crippen LogP contribution in [0.25, 0.3) is 0 Å². The third-order valence-corrected chi connectivity index (χ3v) is 2.56. The summed E-state index contributed by atoms with van der Waals surface area (Å²) in [5, 5.41) is 0. The van der Waals surface area contributed by atoms with E-state index in [4.69, 9.17) is 9.15 Å². The van der Waals surface area contributed by atoms with E-state index in [1.54, 1.807) is 13.4 Å². The van der Waals surface area contributed by atoms with Crippen molar-refractivity contribution in [2.24, 2.45) is 4.99 Å². The van der Waals surface area contributed by atoms with Crippen LogP contribution in [0, 0.1) is 6.92 Å². The molecule has 17 heavy (non-hydrogen) atoms. The summed E-state index contributed by atoms with van der Waals surface area (Å²) in [4.78, 5) is 4.53. The van der Waals surface area contributed by atoms with E-state index in [0.29, 0.717) is 0 Å². The highest BCUT2D eigenvalue weighted by atomic mass is 16.5. The molecule has 0 bridgehead atoms. The Morgan fingerprint density at radius 2 is 2.00 bits per heavy atom. The van der Waals surface area contributed by atoms with Crippen LogP contribution in [0.5, 0.6) is 5.75 Å². The maximum Gasteiger partial charge on any atom is 0.150 e. The van der Waals surface area contributed by atoms with E-state index in [9.17, 15) is 0 Å². The molecule has 2 aromatic rings. The number of aryl methyl sites for hydroxylation is 1. The Morgan fingerprint density at radius 3 is 2.65 bits per heavy atom. The number of hydrogen-bond acceptors (Lipinski definition) is 3. The fourth-order valence-corrected chi connectivity index (χ4v) is 1.70. The predicted molar refractivity (Wildman–Crippen MR) is 68.3 cm³/mol. The topological polar surface area (TPSA) is 34.7 Å². The van der Waals surface area contributed by atoms with Gasteiger partial charge < -0.3 is 9.15 Å². The molecule has 2 rings (SSSR count). The number of furan rings is 1. The molecule has 3 heteroatoms. The summed E-state index contributed by atoms with van der Waals surface area (Å²) in [6, 6.07) is 9.59. The summed E-state index contributed by atoms with van der Waals surface area (Å²) in [6.07, 6.45) is 1.67. The van der Waals surface area contributed by atoms with E-state index in [1.807, 2.05) is 44.2 Å². The normalized spacial score (nSPS) is 11.6. The molecule has 1 heterocycles. The summed E-state index contributed by atoms with van der Waals surface area (Å²) in [7, 11) is 1.64. The molecule has 1 aromatic carbocycles. The molecule has 0 spiro atoms. The first-order valence-electron chi connectivity index (χ1n) is 5.45. The number of benzene rings is 1. The van der Waals surface area contributed by atoms with Crippen molar-refractivity contribution < 1.29 is 9.15 Å². The lowest BCUT2D eigenvalue weighted by Gasteiger charge is -2.04. The van der Waals surface area contributed by atoms with Crippen LogP contribution >= 0.6 is 0 Å².